The summed E-state index contributed by atoms with van der Waals surface area (Å²) in [5.74, 6) is -0.583. The van der Waals surface area contributed by atoms with Crippen LogP contribution >= 0.6 is 11.3 Å². The summed E-state index contributed by atoms with van der Waals surface area (Å²) < 4.78 is 11.1. The van der Waals surface area contributed by atoms with Crippen LogP contribution in [0.4, 0.5) is 15.6 Å². The van der Waals surface area contributed by atoms with Gasteiger partial charge < -0.3 is 30.3 Å². The van der Waals surface area contributed by atoms with E-state index in [4.69, 9.17) is 9.47 Å². The average molecular weight is 571 g/mol. The van der Waals surface area contributed by atoms with Gasteiger partial charge in [-0.25, -0.2) is 9.78 Å². The number of nitrogens with one attached hydrogen (secondary N) is 3. The molecule has 4 heterocycles. The van der Waals surface area contributed by atoms with Gasteiger partial charge in [0, 0.05) is 56.5 Å². The van der Waals surface area contributed by atoms with E-state index < -0.39 is 5.60 Å². The summed E-state index contributed by atoms with van der Waals surface area (Å²) >= 11 is 1.41. The minimum atomic E-state index is -0.441. The molecule has 12 heteroatoms. The molecule has 3 fully saturated rings. The molecule has 3 aliphatic heterocycles. The SMILES string of the molecule is CCCNC(=O)c1cc(CN2CCOCC2(C)C)ccc1NC(=O)c1csc(N2CCC3(CC2)CNC(=O)O3)n1. The molecule has 0 radical (unpaired) electrons. The van der Waals surface area contributed by atoms with Gasteiger partial charge in [0.1, 0.15) is 11.3 Å². The molecule has 0 saturated carbocycles. The van der Waals surface area contributed by atoms with Gasteiger partial charge in [-0.1, -0.05) is 13.0 Å². The maximum absolute atomic E-state index is 13.2. The van der Waals surface area contributed by atoms with Crippen LogP contribution in [0.25, 0.3) is 0 Å². The van der Waals surface area contributed by atoms with E-state index >= 15 is 0 Å². The molecule has 5 rings (SSSR count). The fourth-order valence-electron chi connectivity index (χ4n) is 5.31. The van der Waals surface area contributed by atoms with Gasteiger partial charge in [-0.15, -0.1) is 11.3 Å². The number of thiazole rings is 1. The van der Waals surface area contributed by atoms with Crippen molar-refractivity contribution >= 4 is 40.1 Å². The van der Waals surface area contributed by atoms with Crippen LogP contribution in [-0.4, -0.2) is 84.9 Å². The van der Waals surface area contributed by atoms with E-state index in [9.17, 15) is 14.4 Å². The highest BCUT2D eigenvalue weighted by Crippen LogP contribution is 2.33. The quantitative estimate of drug-likeness (QED) is 0.442. The average Bonchev–Trinajstić information content (AvgIpc) is 3.57. The largest absolute Gasteiger partial charge is 0.441 e. The summed E-state index contributed by atoms with van der Waals surface area (Å²) in [6.07, 6.45) is 1.86. The molecule has 0 unspecified atom stereocenters. The molecule has 2 aromatic rings. The van der Waals surface area contributed by atoms with Gasteiger partial charge in [0.25, 0.3) is 11.8 Å². The van der Waals surface area contributed by atoms with Crippen LogP contribution in [0.3, 0.4) is 0 Å². The highest BCUT2D eigenvalue weighted by Gasteiger charge is 2.43. The first-order valence-electron chi connectivity index (χ1n) is 13.9. The van der Waals surface area contributed by atoms with Gasteiger partial charge in [0.15, 0.2) is 5.13 Å². The lowest BCUT2D eigenvalue weighted by molar-refractivity contribution is -0.0552. The zero-order chi connectivity index (χ0) is 28.3. The summed E-state index contributed by atoms with van der Waals surface area (Å²) in [6, 6.07) is 5.63. The number of rotatable bonds is 8. The highest BCUT2D eigenvalue weighted by molar-refractivity contribution is 7.14. The van der Waals surface area contributed by atoms with Crippen LogP contribution < -0.4 is 20.9 Å². The smallest absolute Gasteiger partial charge is 0.407 e. The van der Waals surface area contributed by atoms with Crippen molar-refractivity contribution in [3.63, 3.8) is 0 Å². The van der Waals surface area contributed by atoms with Gasteiger partial charge in [-0.3, -0.25) is 14.5 Å². The van der Waals surface area contributed by atoms with E-state index in [-0.39, 0.29) is 23.4 Å². The lowest BCUT2D eigenvalue weighted by Crippen LogP contribution is -2.52. The van der Waals surface area contributed by atoms with Gasteiger partial charge >= 0.3 is 6.09 Å². The zero-order valence-electron chi connectivity index (χ0n) is 23.4. The summed E-state index contributed by atoms with van der Waals surface area (Å²) in [5, 5.41) is 11.1. The topological polar surface area (TPSA) is 125 Å². The van der Waals surface area contributed by atoms with Crippen LogP contribution in [0.2, 0.25) is 0 Å². The van der Waals surface area contributed by atoms with Crippen molar-refractivity contribution in [2.45, 2.75) is 57.7 Å². The summed E-state index contributed by atoms with van der Waals surface area (Å²) in [7, 11) is 0. The number of nitrogens with zero attached hydrogens (tertiary/aromatic N) is 3. The minimum absolute atomic E-state index is 0.106. The molecule has 1 aromatic heterocycles. The molecular formula is C28H38N6O5S. The van der Waals surface area contributed by atoms with Crippen LogP contribution in [0.5, 0.6) is 0 Å². The maximum atomic E-state index is 13.2. The number of amides is 3. The predicted octanol–water partition coefficient (Wildman–Crippen LogP) is 3.22. The molecule has 1 aromatic carbocycles. The van der Waals surface area contributed by atoms with E-state index in [1.165, 1.54) is 11.3 Å². The van der Waals surface area contributed by atoms with E-state index in [1.807, 2.05) is 19.1 Å². The Labute approximate surface area is 238 Å². The number of carbonyl (C=O) groups excluding carboxylic acids is 3. The normalized spacial score (nSPS) is 20.2. The third-order valence-electron chi connectivity index (χ3n) is 7.84. The van der Waals surface area contributed by atoms with E-state index in [1.54, 1.807) is 11.4 Å². The van der Waals surface area contributed by atoms with Gasteiger partial charge in [-0.2, -0.15) is 0 Å². The molecule has 3 amide bonds. The molecule has 11 nitrogen and oxygen atoms in total. The van der Waals surface area contributed by atoms with Gasteiger partial charge in [0.05, 0.1) is 31.0 Å². The molecule has 0 aliphatic carbocycles. The standard InChI is InChI=1S/C28H38N6O5S/c1-4-9-29-23(35)20-14-19(15-34-12-13-38-18-27(34,2)3)5-6-21(20)31-24(36)22-16-40-25(32-22)33-10-7-28(8-11-33)17-30-26(37)39-28/h5-6,14,16H,4,7-13,15,17-18H2,1-3H3,(H,29,35)(H,30,37)(H,31,36). The third-order valence-corrected chi connectivity index (χ3v) is 8.74. The van der Waals surface area contributed by atoms with Crippen molar-refractivity contribution in [1.82, 2.24) is 20.5 Å². The first-order valence-corrected chi connectivity index (χ1v) is 14.8. The van der Waals surface area contributed by atoms with Crippen molar-refractivity contribution < 1.29 is 23.9 Å². The molecule has 3 saturated heterocycles. The Morgan fingerprint density at radius 3 is 2.67 bits per heavy atom. The number of ether oxygens (including phenoxy) is 2. The number of alkyl carbamates (subject to hydrolysis) is 1. The Bertz CT molecular complexity index is 1260. The Kier molecular flexibility index (Phi) is 8.29. The van der Waals surface area contributed by atoms with Gasteiger partial charge in [0.2, 0.25) is 0 Å². The molecule has 40 heavy (non-hydrogen) atoms. The number of aromatic nitrogens is 1. The monoisotopic (exact) mass is 570 g/mol. The Morgan fingerprint density at radius 2 is 1.98 bits per heavy atom. The number of anilines is 2. The lowest BCUT2D eigenvalue weighted by Gasteiger charge is -2.42. The van der Waals surface area contributed by atoms with Crippen molar-refractivity contribution in [3.8, 4) is 0 Å². The van der Waals surface area contributed by atoms with Crippen LogP contribution in [0, 0.1) is 0 Å². The van der Waals surface area contributed by atoms with E-state index in [2.05, 4.69) is 44.6 Å². The molecule has 216 valence electrons. The van der Waals surface area contributed by atoms with Crippen LogP contribution in [0.1, 0.15) is 66.4 Å². The second kappa shape index (κ2) is 11.7. The number of benzene rings is 1. The molecule has 0 bridgehead atoms. The molecule has 1 spiro atoms. The fraction of sp³-hybridized carbons (Fsp3) is 0.571. The van der Waals surface area contributed by atoms with E-state index in [0.29, 0.717) is 75.7 Å². The van der Waals surface area contributed by atoms with Crippen LogP contribution in [0.15, 0.2) is 23.6 Å². The maximum Gasteiger partial charge on any atom is 0.407 e. The summed E-state index contributed by atoms with van der Waals surface area (Å²) in [6.45, 7) is 11.6. The predicted molar refractivity (Wildman–Crippen MR) is 153 cm³/mol. The molecule has 3 N–H and O–H groups in total. The second-order valence-corrected chi connectivity index (χ2v) is 12.1. The lowest BCUT2D eigenvalue weighted by atomic mass is 9.92. The number of piperidine rings is 1. The van der Waals surface area contributed by atoms with Gasteiger partial charge in [-0.05, 0) is 38.0 Å². The van der Waals surface area contributed by atoms with Crippen molar-refractivity contribution in [2.24, 2.45) is 0 Å². The molecular weight excluding hydrogens is 532 g/mol. The zero-order valence-corrected chi connectivity index (χ0v) is 24.2. The first kappa shape index (κ1) is 28.3. The second-order valence-electron chi connectivity index (χ2n) is 11.3. The highest BCUT2D eigenvalue weighted by atomic mass is 32.1. The number of hydrogen-bond acceptors (Lipinski definition) is 9. The summed E-state index contributed by atoms with van der Waals surface area (Å²) in [5.41, 5.74) is 1.63. The number of morpholine rings is 1. The molecule has 3 aliphatic rings. The number of hydrogen-bond donors (Lipinski definition) is 3. The Morgan fingerprint density at radius 1 is 1.18 bits per heavy atom. The Balaban J connectivity index is 1.28. The van der Waals surface area contributed by atoms with Crippen molar-refractivity contribution in [1.29, 1.82) is 0 Å². The number of carbonyl (C=O) groups is 3. The molecule has 0 atom stereocenters. The van der Waals surface area contributed by atoms with Crippen molar-refractivity contribution in [3.05, 3.63) is 40.4 Å². The third kappa shape index (κ3) is 6.24. The van der Waals surface area contributed by atoms with Crippen LogP contribution in [-0.2, 0) is 16.0 Å². The minimum Gasteiger partial charge on any atom is -0.441 e. The fourth-order valence-corrected chi connectivity index (χ4v) is 6.17. The summed E-state index contributed by atoms with van der Waals surface area (Å²) in [4.78, 5) is 46.9. The van der Waals surface area contributed by atoms with E-state index in [0.717, 1.165) is 23.7 Å². The first-order chi connectivity index (χ1) is 19.2. The Hall–Kier alpha value is -3.22. The van der Waals surface area contributed by atoms with Crippen molar-refractivity contribution in [2.75, 3.05) is 56.2 Å².